The van der Waals surface area contributed by atoms with Gasteiger partial charge < -0.3 is 10.6 Å². The quantitative estimate of drug-likeness (QED) is 0.829. The van der Waals surface area contributed by atoms with Crippen LogP contribution in [0.25, 0.3) is 0 Å². The Kier molecular flexibility index (Phi) is 4.89. The number of hydrogen-bond acceptors (Lipinski definition) is 4. The molecule has 1 saturated heterocycles. The molecular weight excluding hydrogens is 258 g/mol. The van der Waals surface area contributed by atoms with Crippen molar-refractivity contribution in [1.82, 2.24) is 10.6 Å². The first-order valence-electron chi connectivity index (χ1n) is 7.06. The maximum atomic E-state index is 12.1. The lowest BCUT2D eigenvalue weighted by molar-refractivity contribution is -0.124. The Hall–Kier alpha value is -0.990. The van der Waals surface area contributed by atoms with E-state index in [1.54, 1.807) is 11.8 Å². The van der Waals surface area contributed by atoms with Crippen LogP contribution in [-0.2, 0) is 4.79 Å². The fourth-order valence-electron chi connectivity index (χ4n) is 2.74. The fourth-order valence-corrected chi connectivity index (χ4v) is 4.12. The zero-order chi connectivity index (χ0) is 13.8. The molecule has 0 aromatic rings. The van der Waals surface area contributed by atoms with Crippen molar-refractivity contribution in [2.75, 3.05) is 6.54 Å². The van der Waals surface area contributed by atoms with E-state index in [1.807, 2.05) is 13.8 Å². The third-order valence-corrected chi connectivity index (χ3v) is 5.28. The minimum atomic E-state index is 0.0450. The molecule has 2 N–H and O–H groups in total. The minimum absolute atomic E-state index is 0.0450. The first-order valence-corrected chi connectivity index (χ1v) is 7.94. The van der Waals surface area contributed by atoms with E-state index >= 15 is 0 Å². The van der Waals surface area contributed by atoms with Gasteiger partial charge in [0, 0.05) is 11.8 Å². The van der Waals surface area contributed by atoms with Crippen LogP contribution in [0.3, 0.4) is 0 Å². The van der Waals surface area contributed by atoms with Crippen LogP contribution in [0, 0.1) is 23.2 Å². The van der Waals surface area contributed by atoms with Crippen LogP contribution >= 0.6 is 11.8 Å². The summed E-state index contributed by atoms with van der Waals surface area (Å²) in [7, 11) is 0. The number of rotatable bonds is 4. The number of nitrogens with zero attached hydrogens (tertiary/aromatic N) is 1. The van der Waals surface area contributed by atoms with E-state index in [0.29, 0.717) is 0 Å². The molecular formula is C14H21N3OS. The van der Waals surface area contributed by atoms with E-state index in [9.17, 15) is 10.1 Å². The summed E-state index contributed by atoms with van der Waals surface area (Å²) in [5, 5.41) is 16.8. The van der Waals surface area contributed by atoms with Gasteiger partial charge in [0.05, 0.1) is 22.0 Å². The van der Waals surface area contributed by atoms with Crippen LogP contribution in [0.5, 0.6) is 0 Å². The highest BCUT2D eigenvalue weighted by atomic mass is 32.2. The number of amides is 1. The lowest BCUT2D eigenvalue weighted by atomic mass is 9.92. The largest absolute Gasteiger partial charge is 0.320 e. The molecule has 0 radical (unpaired) electrons. The normalized spacial score (nSPS) is 26.2. The maximum absolute atomic E-state index is 12.1. The molecule has 0 saturated carbocycles. The third kappa shape index (κ3) is 2.96. The summed E-state index contributed by atoms with van der Waals surface area (Å²) in [5.74, 6) is 0.364. The van der Waals surface area contributed by atoms with Crippen molar-refractivity contribution in [3.8, 4) is 6.07 Å². The van der Waals surface area contributed by atoms with Gasteiger partial charge in [0.25, 0.3) is 0 Å². The van der Waals surface area contributed by atoms with Gasteiger partial charge >= 0.3 is 0 Å². The molecule has 0 spiro atoms. The molecule has 1 amide bonds. The number of nitriles is 1. The SMILES string of the molecule is CCC(CC)C(=O)NC1=C(C#N)C2CCCNC2S1. The van der Waals surface area contributed by atoms with Crippen LogP contribution in [-0.4, -0.2) is 17.8 Å². The third-order valence-electron chi connectivity index (χ3n) is 3.98. The molecule has 5 heteroatoms. The average Bonchev–Trinajstić information content (AvgIpc) is 2.77. The summed E-state index contributed by atoms with van der Waals surface area (Å²) < 4.78 is 0. The molecule has 0 aromatic heterocycles. The Labute approximate surface area is 119 Å². The highest BCUT2D eigenvalue weighted by molar-refractivity contribution is 8.03. The van der Waals surface area contributed by atoms with Gasteiger partial charge in [-0.25, -0.2) is 0 Å². The van der Waals surface area contributed by atoms with Crippen LogP contribution in [0.1, 0.15) is 39.5 Å². The van der Waals surface area contributed by atoms with E-state index in [4.69, 9.17) is 0 Å². The highest BCUT2D eigenvalue weighted by Crippen LogP contribution is 2.43. The van der Waals surface area contributed by atoms with Gasteiger partial charge in [-0.3, -0.25) is 4.79 Å². The van der Waals surface area contributed by atoms with Crippen molar-refractivity contribution in [3.63, 3.8) is 0 Å². The van der Waals surface area contributed by atoms with Crippen LogP contribution in [0.2, 0.25) is 0 Å². The van der Waals surface area contributed by atoms with Crippen molar-refractivity contribution >= 4 is 17.7 Å². The summed E-state index contributed by atoms with van der Waals surface area (Å²) in [6.45, 7) is 5.05. The Bertz CT molecular complexity index is 423. The van der Waals surface area contributed by atoms with Gasteiger partial charge in [0.15, 0.2) is 0 Å². The van der Waals surface area contributed by atoms with Crippen molar-refractivity contribution in [1.29, 1.82) is 5.26 Å². The van der Waals surface area contributed by atoms with E-state index in [2.05, 4.69) is 16.7 Å². The average molecular weight is 279 g/mol. The summed E-state index contributed by atoms with van der Waals surface area (Å²) in [5.41, 5.74) is 0.765. The molecule has 0 aliphatic carbocycles. The summed E-state index contributed by atoms with van der Waals surface area (Å²) >= 11 is 1.61. The van der Waals surface area contributed by atoms with Gasteiger partial charge in [-0.05, 0) is 32.2 Å². The highest BCUT2D eigenvalue weighted by Gasteiger charge is 2.38. The fraction of sp³-hybridized carbons (Fsp3) is 0.714. The summed E-state index contributed by atoms with van der Waals surface area (Å²) in [4.78, 5) is 12.1. The van der Waals surface area contributed by atoms with E-state index in [-0.39, 0.29) is 23.1 Å². The molecule has 2 aliphatic heterocycles. The molecule has 1 fully saturated rings. The van der Waals surface area contributed by atoms with Crippen molar-refractivity contribution in [3.05, 3.63) is 10.6 Å². The summed E-state index contributed by atoms with van der Waals surface area (Å²) in [6, 6.07) is 2.30. The standard InChI is InChI=1S/C14H21N3OS/c1-3-9(4-2)12(18)17-14-11(8-15)10-6-5-7-16-13(10)19-14/h9-10,13,16H,3-7H2,1-2H3,(H,17,18). The zero-order valence-electron chi connectivity index (χ0n) is 11.5. The van der Waals surface area contributed by atoms with Crippen LogP contribution in [0.4, 0.5) is 0 Å². The van der Waals surface area contributed by atoms with Gasteiger partial charge in [0.1, 0.15) is 0 Å². The number of nitrogens with one attached hydrogen (secondary N) is 2. The van der Waals surface area contributed by atoms with E-state index < -0.39 is 0 Å². The molecule has 104 valence electrons. The number of hydrogen-bond donors (Lipinski definition) is 2. The molecule has 0 aromatic carbocycles. The number of fused-ring (bicyclic) bond motifs is 1. The molecule has 4 nitrogen and oxygen atoms in total. The van der Waals surface area contributed by atoms with E-state index in [0.717, 1.165) is 42.8 Å². The molecule has 19 heavy (non-hydrogen) atoms. The molecule has 2 aliphatic rings. The Morgan fingerprint density at radius 3 is 2.95 bits per heavy atom. The van der Waals surface area contributed by atoms with Crippen LogP contribution in [0.15, 0.2) is 10.6 Å². The molecule has 0 bridgehead atoms. The molecule has 2 heterocycles. The maximum Gasteiger partial charge on any atom is 0.227 e. The predicted molar refractivity (Wildman–Crippen MR) is 77.0 cm³/mol. The van der Waals surface area contributed by atoms with Gasteiger partial charge in [0.2, 0.25) is 5.91 Å². The second kappa shape index (κ2) is 6.44. The molecule has 2 rings (SSSR count). The lowest BCUT2D eigenvalue weighted by Gasteiger charge is -2.25. The van der Waals surface area contributed by atoms with Crippen molar-refractivity contribution in [2.45, 2.75) is 44.9 Å². The molecule has 2 unspecified atom stereocenters. The van der Waals surface area contributed by atoms with Crippen LogP contribution < -0.4 is 10.6 Å². The summed E-state index contributed by atoms with van der Waals surface area (Å²) in [6.07, 6.45) is 3.82. The number of carbonyl (C=O) groups is 1. The van der Waals surface area contributed by atoms with Crippen molar-refractivity contribution < 1.29 is 4.79 Å². The van der Waals surface area contributed by atoms with Gasteiger partial charge in [-0.2, -0.15) is 5.26 Å². The van der Waals surface area contributed by atoms with Gasteiger partial charge in [-0.15, -0.1) is 0 Å². The van der Waals surface area contributed by atoms with E-state index in [1.165, 1.54) is 0 Å². The zero-order valence-corrected chi connectivity index (χ0v) is 12.3. The first kappa shape index (κ1) is 14.4. The Morgan fingerprint density at radius 2 is 2.32 bits per heavy atom. The second-order valence-corrected chi connectivity index (χ2v) is 6.25. The number of thioether (sulfide) groups is 1. The van der Waals surface area contributed by atoms with Gasteiger partial charge in [-0.1, -0.05) is 25.6 Å². The Balaban J connectivity index is 2.10. The minimum Gasteiger partial charge on any atom is -0.320 e. The first-order chi connectivity index (χ1) is 9.21. The monoisotopic (exact) mass is 279 g/mol. The molecule has 2 atom stereocenters. The second-order valence-electron chi connectivity index (χ2n) is 5.10. The smallest absolute Gasteiger partial charge is 0.227 e. The number of piperidine rings is 1. The van der Waals surface area contributed by atoms with Crippen molar-refractivity contribution in [2.24, 2.45) is 11.8 Å². The number of carbonyl (C=O) groups excluding carboxylic acids is 1. The predicted octanol–water partition coefficient (Wildman–Crippen LogP) is 2.35. The Morgan fingerprint density at radius 1 is 1.58 bits per heavy atom. The topological polar surface area (TPSA) is 64.9 Å². The lowest BCUT2D eigenvalue weighted by Crippen LogP contribution is -2.37.